The summed E-state index contributed by atoms with van der Waals surface area (Å²) in [7, 11) is 0. The first kappa shape index (κ1) is 22.0. The number of likely N-dealkylation sites (tertiary alicyclic amines) is 1. The smallest absolute Gasteiger partial charge is 0.227 e. The van der Waals surface area contributed by atoms with Crippen LogP contribution in [0.25, 0.3) is 0 Å². The number of amides is 1. The minimum Gasteiger partial charge on any atom is -0.312 e. The Bertz CT molecular complexity index is 492. The van der Waals surface area contributed by atoms with E-state index in [1.54, 1.807) is 0 Å². The molecule has 2 fully saturated rings. The van der Waals surface area contributed by atoms with Crippen LogP contribution >= 0.6 is 47.9 Å². The van der Waals surface area contributed by atoms with Crippen LogP contribution in [0.3, 0.4) is 0 Å². The van der Waals surface area contributed by atoms with Gasteiger partial charge < -0.3 is 10.6 Å². The van der Waals surface area contributed by atoms with Crippen molar-refractivity contribution in [2.24, 2.45) is 0 Å². The molecule has 3 heterocycles. The number of thioether (sulfide) groups is 1. The molecule has 9 heteroatoms. The average Bonchev–Trinajstić information content (AvgIpc) is 2.96. The van der Waals surface area contributed by atoms with Crippen LogP contribution in [0, 0.1) is 0 Å². The lowest BCUT2D eigenvalue weighted by Crippen LogP contribution is -2.39. The molecule has 5 nitrogen and oxygen atoms in total. The van der Waals surface area contributed by atoms with E-state index in [9.17, 15) is 4.79 Å². The fourth-order valence-corrected chi connectivity index (χ4v) is 4.60. The van der Waals surface area contributed by atoms with Gasteiger partial charge in [0, 0.05) is 42.4 Å². The van der Waals surface area contributed by atoms with Gasteiger partial charge in [0.05, 0.1) is 5.69 Å². The summed E-state index contributed by atoms with van der Waals surface area (Å²) in [6.07, 6.45) is 4.47. The Morgan fingerprint density at radius 3 is 2.83 bits per heavy atom. The van der Waals surface area contributed by atoms with Gasteiger partial charge in [-0.15, -0.1) is 36.2 Å². The predicted octanol–water partition coefficient (Wildman–Crippen LogP) is 3.01. The third-order valence-corrected chi connectivity index (χ3v) is 6.00. The lowest BCUT2D eigenvalue weighted by molar-refractivity contribution is -0.116. The van der Waals surface area contributed by atoms with Gasteiger partial charge in [0.2, 0.25) is 5.91 Å². The minimum atomic E-state index is 0. The van der Waals surface area contributed by atoms with Gasteiger partial charge >= 0.3 is 0 Å². The molecule has 0 aromatic carbocycles. The number of hydrogen-bond acceptors (Lipinski definition) is 6. The second-order valence-electron chi connectivity index (χ2n) is 5.96. The largest absolute Gasteiger partial charge is 0.312 e. The van der Waals surface area contributed by atoms with Crippen LogP contribution in [-0.4, -0.2) is 53.0 Å². The summed E-state index contributed by atoms with van der Waals surface area (Å²) in [5, 5.41) is 9.14. The number of carbonyl (C=O) groups is 1. The molecule has 0 spiro atoms. The van der Waals surface area contributed by atoms with Crippen molar-refractivity contribution in [1.82, 2.24) is 15.2 Å². The zero-order valence-corrected chi connectivity index (χ0v) is 16.9. The first-order chi connectivity index (χ1) is 10.8. The maximum absolute atomic E-state index is 12.1. The van der Waals surface area contributed by atoms with Gasteiger partial charge in [-0.3, -0.25) is 9.69 Å². The number of rotatable bonds is 5. The van der Waals surface area contributed by atoms with Crippen molar-refractivity contribution >= 4 is 59.0 Å². The van der Waals surface area contributed by atoms with Gasteiger partial charge in [-0.2, -0.15) is 11.8 Å². The maximum Gasteiger partial charge on any atom is 0.227 e. The molecular formula is C15H26Cl2N4OS2. The van der Waals surface area contributed by atoms with Crippen LogP contribution in [0.15, 0.2) is 5.38 Å². The summed E-state index contributed by atoms with van der Waals surface area (Å²) >= 11 is 3.45. The lowest BCUT2D eigenvalue weighted by Gasteiger charge is -2.25. The zero-order chi connectivity index (χ0) is 15.2. The number of thiazole rings is 1. The summed E-state index contributed by atoms with van der Waals surface area (Å²) in [6.45, 7) is 4.25. The Balaban J connectivity index is 0.00000144. The van der Waals surface area contributed by atoms with Crippen molar-refractivity contribution in [3.8, 4) is 0 Å². The van der Waals surface area contributed by atoms with Gasteiger partial charge in [0.15, 0.2) is 5.13 Å². The Hall–Kier alpha value is -0.0500. The molecule has 24 heavy (non-hydrogen) atoms. The standard InChI is InChI=1S/C15H24N4OS2.2ClH/c20-14(8-12-10-21-7-4-16-12)18-15-17-13(11-22-15)9-19-5-2-1-3-6-19;;/h11-12,16H,1-10H2,(H,17,18,20);2*1H. The van der Waals surface area contributed by atoms with Crippen molar-refractivity contribution in [1.29, 1.82) is 0 Å². The van der Waals surface area contributed by atoms with E-state index in [-0.39, 0.29) is 30.7 Å². The van der Waals surface area contributed by atoms with Gasteiger partial charge in [-0.1, -0.05) is 6.42 Å². The molecule has 3 rings (SSSR count). The van der Waals surface area contributed by atoms with Crippen LogP contribution in [0.2, 0.25) is 0 Å². The van der Waals surface area contributed by atoms with Crippen molar-refractivity contribution < 1.29 is 4.79 Å². The molecule has 2 aliphatic heterocycles. The highest BCUT2D eigenvalue weighted by molar-refractivity contribution is 7.99. The van der Waals surface area contributed by atoms with Crippen molar-refractivity contribution in [3.63, 3.8) is 0 Å². The number of carbonyl (C=O) groups excluding carboxylic acids is 1. The van der Waals surface area contributed by atoms with E-state index in [1.165, 1.54) is 43.7 Å². The first-order valence-corrected chi connectivity index (χ1v) is 10.1. The van der Waals surface area contributed by atoms with Crippen LogP contribution in [0.5, 0.6) is 0 Å². The van der Waals surface area contributed by atoms with Crippen molar-refractivity contribution in [2.45, 2.75) is 38.3 Å². The van der Waals surface area contributed by atoms with Crippen molar-refractivity contribution in [3.05, 3.63) is 11.1 Å². The quantitative estimate of drug-likeness (QED) is 0.777. The van der Waals surface area contributed by atoms with Crippen molar-refractivity contribution in [2.75, 3.05) is 36.5 Å². The van der Waals surface area contributed by atoms with E-state index >= 15 is 0 Å². The van der Waals surface area contributed by atoms with E-state index < -0.39 is 0 Å². The molecule has 0 aliphatic carbocycles. The molecule has 2 N–H and O–H groups in total. The Morgan fingerprint density at radius 1 is 1.33 bits per heavy atom. The van der Waals surface area contributed by atoms with E-state index in [4.69, 9.17) is 0 Å². The molecular weight excluding hydrogens is 387 g/mol. The van der Waals surface area contributed by atoms with E-state index in [1.807, 2.05) is 11.8 Å². The van der Waals surface area contributed by atoms with E-state index in [0.29, 0.717) is 12.5 Å². The summed E-state index contributed by atoms with van der Waals surface area (Å²) < 4.78 is 0. The molecule has 0 radical (unpaired) electrons. The Labute approximate surface area is 164 Å². The summed E-state index contributed by atoms with van der Waals surface area (Å²) in [5.41, 5.74) is 1.08. The molecule has 2 saturated heterocycles. The van der Waals surface area contributed by atoms with Crippen LogP contribution in [0.4, 0.5) is 5.13 Å². The second-order valence-corrected chi connectivity index (χ2v) is 7.97. The third kappa shape index (κ3) is 7.06. The lowest BCUT2D eigenvalue weighted by atomic mass is 10.1. The summed E-state index contributed by atoms with van der Waals surface area (Å²) in [5.74, 6) is 2.23. The fraction of sp³-hybridized carbons (Fsp3) is 0.733. The zero-order valence-electron chi connectivity index (χ0n) is 13.7. The Morgan fingerprint density at radius 2 is 2.12 bits per heavy atom. The predicted molar refractivity (Wildman–Crippen MR) is 108 cm³/mol. The first-order valence-electron chi connectivity index (χ1n) is 8.07. The number of nitrogens with zero attached hydrogens (tertiary/aromatic N) is 2. The molecule has 0 bridgehead atoms. The molecule has 1 unspecified atom stereocenters. The monoisotopic (exact) mass is 412 g/mol. The molecule has 2 aliphatic rings. The summed E-state index contributed by atoms with van der Waals surface area (Å²) in [4.78, 5) is 19.1. The van der Waals surface area contributed by atoms with Gasteiger partial charge in [0.1, 0.15) is 0 Å². The van der Waals surface area contributed by atoms with E-state index in [2.05, 4.69) is 25.9 Å². The van der Waals surface area contributed by atoms with Crippen LogP contribution in [0.1, 0.15) is 31.4 Å². The highest BCUT2D eigenvalue weighted by Crippen LogP contribution is 2.19. The fourth-order valence-electron chi connectivity index (χ4n) is 2.93. The van der Waals surface area contributed by atoms with Gasteiger partial charge in [-0.25, -0.2) is 4.98 Å². The molecule has 1 atom stereocenters. The molecule has 1 aromatic rings. The molecule has 1 amide bonds. The number of nitrogens with one attached hydrogen (secondary N) is 2. The number of hydrogen-bond donors (Lipinski definition) is 2. The van der Waals surface area contributed by atoms with Gasteiger partial charge in [-0.05, 0) is 25.9 Å². The Kier molecular flexibility index (Phi) is 10.6. The highest BCUT2D eigenvalue weighted by atomic mass is 35.5. The van der Waals surface area contributed by atoms with E-state index in [0.717, 1.165) is 35.4 Å². The molecule has 1 aromatic heterocycles. The normalized spacial score (nSPS) is 21.4. The number of anilines is 1. The minimum absolute atomic E-state index is 0. The maximum atomic E-state index is 12.1. The topological polar surface area (TPSA) is 57.3 Å². The summed E-state index contributed by atoms with van der Waals surface area (Å²) in [6, 6.07) is 0.298. The third-order valence-electron chi connectivity index (χ3n) is 4.06. The van der Waals surface area contributed by atoms with Crippen LogP contribution in [-0.2, 0) is 11.3 Å². The number of piperidine rings is 1. The van der Waals surface area contributed by atoms with Gasteiger partial charge in [0.25, 0.3) is 0 Å². The SMILES string of the molecule is Cl.Cl.O=C(CC1CSCCN1)Nc1nc(CN2CCCCC2)cs1. The number of halogens is 2. The molecule has 138 valence electrons. The molecule has 0 saturated carbocycles. The van der Waals surface area contributed by atoms with Crippen LogP contribution < -0.4 is 10.6 Å². The average molecular weight is 413 g/mol. The second kappa shape index (κ2) is 11.5. The highest BCUT2D eigenvalue weighted by Gasteiger charge is 2.18. The number of aromatic nitrogens is 1.